The first kappa shape index (κ1) is 43.9. The second-order valence-corrected chi connectivity index (χ2v) is 15.7. The third kappa shape index (κ3) is 11.0. The van der Waals surface area contributed by atoms with Crippen LogP contribution in [0.5, 0.6) is 0 Å². The van der Waals surface area contributed by atoms with E-state index in [-0.39, 0.29) is 17.2 Å². The molecule has 0 aromatic heterocycles. The lowest BCUT2D eigenvalue weighted by atomic mass is 9.80. The molecule has 3 aromatic rings. The van der Waals surface area contributed by atoms with Gasteiger partial charge >= 0.3 is 0 Å². The van der Waals surface area contributed by atoms with Gasteiger partial charge in [-0.2, -0.15) is 0 Å². The van der Waals surface area contributed by atoms with Gasteiger partial charge in [-0.1, -0.05) is 37.6 Å². The fraction of sp³-hybridized carbons (Fsp3) is 0.587. The summed E-state index contributed by atoms with van der Waals surface area (Å²) in [5.41, 5.74) is 14.2. The van der Waals surface area contributed by atoms with E-state index >= 15 is 0 Å². The Balaban J connectivity index is 1.52. The Bertz CT molecular complexity index is 1720. The van der Waals surface area contributed by atoms with Gasteiger partial charge in [-0.05, 0) is 112 Å². The van der Waals surface area contributed by atoms with E-state index in [2.05, 4.69) is 69.0 Å². The van der Waals surface area contributed by atoms with Crippen molar-refractivity contribution in [2.75, 3.05) is 94.5 Å². The van der Waals surface area contributed by atoms with Crippen molar-refractivity contribution in [3.8, 4) is 22.3 Å². The van der Waals surface area contributed by atoms with Crippen LogP contribution in [0.15, 0.2) is 36.4 Å². The molecule has 0 spiro atoms. The predicted octanol–water partition coefficient (Wildman–Crippen LogP) is 7.56. The quantitative estimate of drug-likeness (QED) is 0.0809. The number of nitrogens with zero attached hydrogens (tertiary/aromatic N) is 1. The van der Waals surface area contributed by atoms with Crippen molar-refractivity contribution in [2.24, 2.45) is 5.92 Å². The molecule has 1 heterocycles. The molecule has 1 aliphatic carbocycles. The molecule has 5 rings (SSSR count). The number of aryl methyl sites for hydroxylation is 2. The number of amides is 1. The first-order valence-electron chi connectivity index (χ1n) is 20.1. The Hall–Kier alpha value is -3.19. The summed E-state index contributed by atoms with van der Waals surface area (Å²) in [6.07, 6.45) is 1.97. The summed E-state index contributed by atoms with van der Waals surface area (Å²) in [4.78, 5) is 16.6. The van der Waals surface area contributed by atoms with E-state index in [0.29, 0.717) is 98.8 Å². The predicted molar refractivity (Wildman–Crippen MR) is 219 cm³/mol. The minimum absolute atomic E-state index is 0.120. The summed E-state index contributed by atoms with van der Waals surface area (Å²) in [5, 5.41) is 0. The second-order valence-electron chi connectivity index (χ2n) is 15.7. The molecule has 0 saturated heterocycles. The normalized spacial score (nSPS) is 14.1. The lowest BCUT2D eigenvalue weighted by Crippen LogP contribution is -2.32. The minimum atomic E-state index is -0.217. The van der Waals surface area contributed by atoms with E-state index in [0.717, 1.165) is 40.7 Å². The maximum Gasteiger partial charge on any atom is 0.223 e. The molecule has 0 N–H and O–H groups in total. The highest BCUT2D eigenvalue weighted by molar-refractivity contribution is 5.90. The largest absolute Gasteiger partial charge is 0.382 e. The van der Waals surface area contributed by atoms with Gasteiger partial charge in [0.05, 0.1) is 66.1 Å². The highest BCUT2D eigenvalue weighted by Crippen LogP contribution is 2.54. The Labute approximate surface area is 335 Å². The Morgan fingerprint density at radius 1 is 0.625 bits per heavy atom. The minimum Gasteiger partial charge on any atom is -0.382 e. The van der Waals surface area contributed by atoms with E-state index < -0.39 is 0 Å². The van der Waals surface area contributed by atoms with E-state index in [4.69, 9.17) is 37.9 Å². The standard InChI is InChI=1S/C46H65NO9/c1-32-21-36-28-47(43(48)24-34(9-11-53-17-13-49-5)10-12-54-18-14-50-6)29-37-25-35(27-42-45(37)44(36)41(22-32)46(42,3)4)40-26-38(30-55-19-15-51-7)33(2)23-39(40)31-56-20-16-52-8/h21-23,25-27,34H,9-20,24,28-31H2,1-8H3. The zero-order chi connectivity index (χ0) is 40.1. The van der Waals surface area contributed by atoms with Crippen LogP contribution in [0, 0.1) is 19.8 Å². The van der Waals surface area contributed by atoms with Crippen molar-refractivity contribution in [3.05, 3.63) is 80.9 Å². The van der Waals surface area contributed by atoms with Gasteiger partial charge in [0.25, 0.3) is 0 Å². The molecule has 0 bridgehead atoms. The monoisotopic (exact) mass is 775 g/mol. The van der Waals surface area contributed by atoms with Gasteiger partial charge in [0, 0.05) is 66.6 Å². The molecule has 308 valence electrons. The fourth-order valence-corrected chi connectivity index (χ4v) is 8.05. The summed E-state index contributed by atoms with van der Waals surface area (Å²) in [7, 11) is 6.72. The average molecular weight is 776 g/mol. The van der Waals surface area contributed by atoms with Crippen LogP contribution in [-0.2, 0) is 74.4 Å². The van der Waals surface area contributed by atoms with E-state index in [1.807, 2.05) is 0 Å². The van der Waals surface area contributed by atoms with Crippen LogP contribution in [0.1, 0.15) is 77.6 Å². The van der Waals surface area contributed by atoms with Crippen LogP contribution >= 0.6 is 0 Å². The fourth-order valence-electron chi connectivity index (χ4n) is 8.05. The first-order valence-corrected chi connectivity index (χ1v) is 20.1. The van der Waals surface area contributed by atoms with Crippen LogP contribution in [0.4, 0.5) is 0 Å². The van der Waals surface area contributed by atoms with Crippen molar-refractivity contribution in [1.82, 2.24) is 4.90 Å². The van der Waals surface area contributed by atoms with Gasteiger partial charge in [-0.25, -0.2) is 0 Å². The zero-order valence-electron chi connectivity index (χ0n) is 35.2. The van der Waals surface area contributed by atoms with Gasteiger partial charge in [0.2, 0.25) is 5.91 Å². The number of ether oxygens (including phenoxy) is 8. The Morgan fingerprint density at radius 3 is 1.71 bits per heavy atom. The molecule has 0 unspecified atom stereocenters. The van der Waals surface area contributed by atoms with Gasteiger partial charge < -0.3 is 42.8 Å². The number of hydrogen-bond donors (Lipinski definition) is 0. The lowest BCUT2D eigenvalue weighted by molar-refractivity contribution is -0.133. The number of carbonyl (C=O) groups is 1. The van der Waals surface area contributed by atoms with Crippen LogP contribution in [0.2, 0.25) is 0 Å². The van der Waals surface area contributed by atoms with E-state index in [1.165, 1.54) is 38.9 Å². The molecule has 10 nitrogen and oxygen atoms in total. The molecule has 0 atom stereocenters. The van der Waals surface area contributed by atoms with Crippen molar-refractivity contribution in [3.63, 3.8) is 0 Å². The highest BCUT2D eigenvalue weighted by Gasteiger charge is 2.41. The third-order valence-corrected chi connectivity index (χ3v) is 11.2. The second kappa shape index (κ2) is 21.5. The van der Waals surface area contributed by atoms with Gasteiger partial charge in [0.15, 0.2) is 0 Å². The maximum atomic E-state index is 14.5. The van der Waals surface area contributed by atoms with E-state index in [9.17, 15) is 4.79 Å². The molecule has 0 saturated carbocycles. The molecule has 10 heteroatoms. The molecule has 3 aromatic carbocycles. The number of rotatable bonds is 25. The lowest BCUT2D eigenvalue weighted by Gasteiger charge is -2.28. The van der Waals surface area contributed by atoms with Crippen LogP contribution in [0.25, 0.3) is 22.3 Å². The van der Waals surface area contributed by atoms with Gasteiger partial charge in [-0.3, -0.25) is 4.79 Å². The number of hydrogen-bond acceptors (Lipinski definition) is 9. The summed E-state index contributed by atoms with van der Waals surface area (Å²) in [6.45, 7) is 16.4. The van der Waals surface area contributed by atoms with Crippen LogP contribution in [0.3, 0.4) is 0 Å². The Kier molecular flexibility index (Phi) is 16.9. The zero-order valence-corrected chi connectivity index (χ0v) is 35.2. The Morgan fingerprint density at radius 2 is 1.14 bits per heavy atom. The summed E-state index contributed by atoms with van der Waals surface area (Å²) in [6, 6.07) is 13.8. The molecular weight excluding hydrogens is 711 g/mol. The van der Waals surface area contributed by atoms with Crippen molar-refractivity contribution in [1.29, 1.82) is 0 Å². The molecule has 2 aliphatic rings. The third-order valence-electron chi connectivity index (χ3n) is 11.2. The highest BCUT2D eigenvalue weighted by atomic mass is 16.5. The number of carbonyl (C=O) groups excluding carboxylic acids is 1. The average Bonchev–Trinajstić information content (AvgIpc) is 3.28. The van der Waals surface area contributed by atoms with Crippen molar-refractivity contribution < 1.29 is 42.7 Å². The molecular formula is C46H65NO9. The van der Waals surface area contributed by atoms with E-state index in [1.54, 1.807) is 28.4 Å². The van der Waals surface area contributed by atoms with Gasteiger partial charge in [-0.15, -0.1) is 0 Å². The molecule has 0 fully saturated rings. The topological polar surface area (TPSA) is 94.2 Å². The summed E-state index contributed by atoms with van der Waals surface area (Å²) >= 11 is 0. The molecule has 0 radical (unpaired) electrons. The molecule has 56 heavy (non-hydrogen) atoms. The van der Waals surface area contributed by atoms with Crippen molar-refractivity contribution >= 4 is 5.91 Å². The first-order chi connectivity index (χ1) is 27.1. The van der Waals surface area contributed by atoms with Crippen LogP contribution < -0.4 is 0 Å². The summed E-state index contributed by atoms with van der Waals surface area (Å²) < 4.78 is 44.7. The summed E-state index contributed by atoms with van der Waals surface area (Å²) in [5.74, 6) is 0.268. The number of methoxy groups -OCH3 is 4. The molecule has 1 amide bonds. The molecule has 1 aliphatic heterocycles. The smallest absolute Gasteiger partial charge is 0.223 e. The number of benzene rings is 3. The van der Waals surface area contributed by atoms with Gasteiger partial charge in [0.1, 0.15) is 0 Å². The maximum absolute atomic E-state index is 14.5. The van der Waals surface area contributed by atoms with Crippen molar-refractivity contribution in [2.45, 2.75) is 78.7 Å². The SMILES string of the molecule is COCCOCCC(CCOCCOC)CC(=O)N1Cc2cc(C)cc3c2-c2c(cc(-c4cc(COCCOC)c(C)cc4COCCOC)cc2C3(C)C)C1. The van der Waals surface area contributed by atoms with Crippen LogP contribution in [-0.4, -0.2) is 105 Å².